The van der Waals surface area contributed by atoms with Crippen LogP contribution in [0.2, 0.25) is 0 Å². The summed E-state index contributed by atoms with van der Waals surface area (Å²) in [5.41, 5.74) is 1.10. The number of rotatable bonds is 10. The van der Waals surface area contributed by atoms with Gasteiger partial charge in [0.05, 0.1) is 7.11 Å². The maximum Gasteiger partial charge on any atom is 0.261 e. The summed E-state index contributed by atoms with van der Waals surface area (Å²) >= 11 is 0. The molecule has 2 aromatic rings. The Kier molecular flexibility index (Phi) is 8.52. The second-order valence-electron chi connectivity index (χ2n) is 7.10. The van der Waals surface area contributed by atoms with Crippen LogP contribution in [0.1, 0.15) is 26.3 Å². The zero-order valence-corrected chi connectivity index (χ0v) is 17.6. The number of ether oxygens (including phenoxy) is 2. The Balaban J connectivity index is 2.09. The van der Waals surface area contributed by atoms with Crippen LogP contribution >= 0.6 is 0 Å². The van der Waals surface area contributed by atoms with Crippen molar-refractivity contribution in [3.05, 3.63) is 60.2 Å². The molecule has 29 heavy (non-hydrogen) atoms. The Labute approximate surface area is 172 Å². The zero-order chi connectivity index (χ0) is 21.2. The molecule has 0 unspecified atom stereocenters. The zero-order valence-electron chi connectivity index (χ0n) is 17.6. The van der Waals surface area contributed by atoms with E-state index in [9.17, 15) is 9.59 Å². The fourth-order valence-corrected chi connectivity index (χ4v) is 2.94. The maximum atomic E-state index is 12.9. The van der Waals surface area contributed by atoms with Crippen LogP contribution in [0.25, 0.3) is 0 Å². The molecule has 0 spiro atoms. The van der Waals surface area contributed by atoms with E-state index in [0.29, 0.717) is 24.5 Å². The first-order chi connectivity index (χ1) is 13.9. The molecular weight excluding hydrogens is 368 g/mol. The van der Waals surface area contributed by atoms with E-state index in [-0.39, 0.29) is 24.5 Å². The number of nitrogens with one attached hydrogen (secondary N) is 1. The summed E-state index contributed by atoms with van der Waals surface area (Å²) in [4.78, 5) is 27.0. The molecule has 6 heteroatoms. The average molecular weight is 399 g/mol. The van der Waals surface area contributed by atoms with Gasteiger partial charge in [0.25, 0.3) is 5.91 Å². The van der Waals surface area contributed by atoms with Gasteiger partial charge >= 0.3 is 0 Å². The van der Waals surface area contributed by atoms with Crippen molar-refractivity contribution < 1.29 is 19.1 Å². The van der Waals surface area contributed by atoms with E-state index in [1.54, 1.807) is 31.1 Å². The quantitative estimate of drug-likeness (QED) is 0.668. The molecule has 0 heterocycles. The van der Waals surface area contributed by atoms with Crippen molar-refractivity contribution in [2.75, 3.05) is 20.3 Å². The lowest BCUT2D eigenvalue weighted by atomic mass is 10.1. The van der Waals surface area contributed by atoms with Crippen molar-refractivity contribution >= 4 is 11.8 Å². The van der Waals surface area contributed by atoms with Crippen LogP contribution in [-0.2, 0) is 16.0 Å². The number of hydrogen-bond acceptors (Lipinski definition) is 4. The molecule has 6 nitrogen and oxygen atoms in total. The second kappa shape index (κ2) is 11.1. The van der Waals surface area contributed by atoms with Gasteiger partial charge < -0.3 is 19.7 Å². The van der Waals surface area contributed by atoms with E-state index in [1.807, 2.05) is 56.3 Å². The SMILES string of the molecule is COc1ccccc1OCC(=O)N(CCc1ccccc1)[C@H](C)C(=O)NC(C)C. The monoisotopic (exact) mass is 398 g/mol. The number of carbonyl (C=O) groups excluding carboxylic acids is 2. The molecule has 0 fully saturated rings. The molecule has 0 saturated heterocycles. The molecule has 0 aliphatic carbocycles. The van der Waals surface area contributed by atoms with Gasteiger partial charge in [0, 0.05) is 12.6 Å². The van der Waals surface area contributed by atoms with Crippen LogP contribution in [0.3, 0.4) is 0 Å². The molecule has 156 valence electrons. The molecule has 2 amide bonds. The lowest BCUT2D eigenvalue weighted by Gasteiger charge is -2.29. The summed E-state index contributed by atoms with van der Waals surface area (Å²) in [6.07, 6.45) is 0.653. The minimum atomic E-state index is -0.602. The first kappa shape index (κ1) is 22.3. The largest absolute Gasteiger partial charge is 0.493 e. The van der Waals surface area contributed by atoms with Gasteiger partial charge in [-0.25, -0.2) is 0 Å². The van der Waals surface area contributed by atoms with Crippen LogP contribution in [0, 0.1) is 0 Å². The lowest BCUT2D eigenvalue weighted by molar-refractivity contribution is -0.141. The highest BCUT2D eigenvalue weighted by atomic mass is 16.5. The summed E-state index contributed by atoms with van der Waals surface area (Å²) < 4.78 is 10.9. The predicted molar refractivity (Wildman–Crippen MR) is 113 cm³/mol. The topological polar surface area (TPSA) is 67.9 Å². The predicted octanol–water partition coefficient (Wildman–Crippen LogP) is 3.06. The molecule has 0 aliphatic heterocycles. The van der Waals surface area contributed by atoms with Crippen LogP contribution in [-0.4, -0.2) is 49.1 Å². The number of para-hydroxylation sites is 2. The van der Waals surface area contributed by atoms with Crippen molar-refractivity contribution in [2.45, 2.75) is 39.3 Å². The summed E-state index contributed by atoms with van der Waals surface area (Å²) in [5, 5.41) is 2.87. The van der Waals surface area contributed by atoms with Crippen LogP contribution in [0.4, 0.5) is 0 Å². The first-order valence-electron chi connectivity index (χ1n) is 9.82. The number of carbonyl (C=O) groups is 2. The summed E-state index contributed by atoms with van der Waals surface area (Å²) in [6.45, 7) is 5.78. The Hall–Kier alpha value is -3.02. The van der Waals surface area contributed by atoms with Crippen molar-refractivity contribution in [3.8, 4) is 11.5 Å². The fraction of sp³-hybridized carbons (Fsp3) is 0.391. The average Bonchev–Trinajstić information content (AvgIpc) is 2.72. The summed E-state index contributed by atoms with van der Waals surface area (Å²) in [6, 6.07) is 16.4. The van der Waals surface area contributed by atoms with E-state index in [1.165, 1.54) is 0 Å². The first-order valence-corrected chi connectivity index (χ1v) is 9.82. The van der Waals surface area contributed by atoms with Crippen molar-refractivity contribution in [2.24, 2.45) is 0 Å². The Morgan fingerprint density at radius 2 is 1.59 bits per heavy atom. The van der Waals surface area contributed by atoms with E-state index in [4.69, 9.17) is 9.47 Å². The standard InChI is InChI=1S/C23H30N2O4/c1-17(2)24-23(27)18(3)25(15-14-19-10-6-5-7-11-19)22(26)16-29-21-13-9-8-12-20(21)28-4/h5-13,17-18H,14-16H2,1-4H3,(H,24,27)/t18-/m1/s1. The van der Waals surface area contributed by atoms with Crippen LogP contribution in [0.15, 0.2) is 54.6 Å². The van der Waals surface area contributed by atoms with Crippen molar-refractivity contribution in [1.29, 1.82) is 0 Å². The Morgan fingerprint density at radius 1 is 0.966 bits per heavy atom. The third-order valence-corrected chi connectivity index (χ3v) is 4.50. The normalized spacial score (nSPS) is 11.6. The molecule has 1 atom stereocenters. The van der Waals surface area contributed by atoms with Gasteiger partial charge in [0.1, 0.15) is 6.04 Å². The molecule has 2 rings (SSSR count). The molecule has 0 radical (unpaired) electrons. The highest BCUT2D eigenvalue weighted by Gasteiger charge is 2.26. The van der Waals surface area contributed by atoms with E-state index in [2.05, 4.69) is 5.32 Å². The van der Waals surface area contributed by atoms with Gasteiger partial charge in [-0.2, -0.15) is 0 Å². The van der Waals surface area contributed by atoms with Crippen molar-refractivity contribution in [3.63, 3.8) is 0 Å². The van der Waals surface area contributed by atoms with E-state index >= 15 is 0 Å². The molecular formula is C23H30N2O4. The minimum absolute atomic E-state index is 0.000792. The number of amides is 2. The Morgan fingerprint density at radius 3 is 2.21 bits per heavy atom. The molecule has 0 aromatic heterocycles. The molecule has 0 bridgehead atoms. The number of methoxy groups -OCH3 is 1. The van der Waals surface area contributed by atoms with E-state index < -0.39 is 6.04 Å². The third kappa shape index (κ3) is 6.82. The molecule has 0 aliphatic rings. The fourth-order valence-electron chi connectivity index (χ4n) is 2.94. The highest BCUT2D eigenvalue weighted by Crippen LogP contribution is 2.25. The minimum Gasteiger partial charge on any atom is -0.493 e. The summed E-state index contributed by atoms with van der Waals surface area (Å²) in [7, 11) is 1.55. The molecule has 0 saturated carbocycles. The smallest absolute Gasteiger partial charge is 0.261 e. The Bertz CT molecular complexity index is 792. The lowest BCUT2D eigenvalue weighted by Crippen LogP contribution is -2.51. The van der Waals surface area contributed by atoms with Crippen LogP contribution < -0.4 is 14.8 Å². The van der Waals surface area contributed by atoms with E-state index in [0.717, 1.165) is 5.56 Å². The van der Waals surface area contributed by atoms with Crippen LogP contribution in [0.5, 0.6) is 11.5 Å². The number of hydrogen-bond donors (Lipinski definition) is 1. The maximum absolute atomic E-state index is 12.9. The van der Waals surface area contributed by atoms with Gasteiger partial charge in [0.15, 0.2) is 18.1 Å². The number of nitrogens with zero attached hydrogens (tertiary/aromatic N) is 1. The van der Waals surface area contributed by atoms with Crippen molar-refractivity contribution in [1.82, 2.24) is 10.2 Å². The second-order valence-corrected chi connectivity index (χ2v) is 7.10. The van der Waals surface area contributed by atoms with Gasteiger partial charge in [-0.15, -0.1) is 0 Å². The summed E-state index contributed by atoms with van der Waals surface area (Å²) in [5.74, 6) is 0.615. The van der Waals surface area contributed by atoms with Gasteiger partial charge in [-0.3, -0.25) is 9.59 Å². The molecule has 1 N–H and O–H groups in total. The van der Waals surface area contributed by atoms with Gasteiger partial charge in [-0.05, 0) is 44.9 Å². The van der Waals surface area contributed by atoms with Gasteiger partial charge in [0.2, 0.25) is 5.91 Å². The molecule has 2 aromatic carbocycles. The van der Waals surface area contributed by atoms with Gasteiger partial charge in [-0.1, -0.05) is 42.5 Å². The highest BCUT2D eigenvalue weighted by molar-refractivity contribution is 5.88. The number of benzene rings is 2. The third-order valence-electron chi connectivity index (χ3n) is 4.50.